The molecule has 1 aromatic heterocycles. The first-order chi connectivity index (χ1) is 7.84. The molecule has 17 heavy (non-hydrogen) atoms. The number of pyridine rings is 1. The molecule has 0 bridgehead atoms. The molecule has 0 radical (unpaired) electrons. The Morgan fingerprint density at radius 1 is 1.47 bits per heavy atom. The fourth-order valence-electron chi connectivity index (χ4n) is 1.31. The Labute approximate surface area is 103 Å². The van der Waals surface area contributed by atoms with Gasteiger partial charge in [0.1, 0.15) is 11.8 Å². The van der Waals surface area contributed by atoms with E-state index in [4.69, 9.17) is 22.2 Å². The predicted octanol–water partition coefficient (Wildman–Crippen LogP) is 2.20. The lowest BCUT2D eigenvalue weighted by atomic mass is 10.1. The number of nitrogens with two attached hydrogens (primary N) is 1. The molecule has 96 valence electrons. The van der Waals surface area contributed by atoms with Crippen LogP contribution in [-0.4, -0.2) is 16.5 Å². The summed E-state index contributed by atoms with van der Waals surface area (Å²) in [7, 11) is 0. The molecule has 0 aliphatic rings. The van der Waals surface area contributed by atoms with Gasteiger partial charge in [0.2, 0.25) is 0 Å². The maximum absolute atomic E-state index is 13.0. The highest BCUT2D eigenvalue weighted by Gasteiger charge is 2.38. The second-order valence-electron chi connectivity index (χ2n) is 3.76. The molecule has 1 aromatic rings. The molecule has 0 aromatic carbocycles. The van der Waals surface area contributed by atoms with Crippen LogP contribution >= 0.6 is 11.6 Å². The lowest BCUT2D eigenvalue weighted by Gasteiger charge is -2.21. The number of nitrogens with one attached hydrogen (secondary N) is 1. The van der Waals surface area contributed by atoms with E-state index in [1.165, 1.54) is 18.5 Å². The molecule has 1 heterocycles. The first kappa shape index (κ1) is 14.1. The van der Waals surface area contributed by atoms with Gasteiger partial charge in [-0.05, 0) is 37.1 Å². The molecule has 0 fully saturated rings. The van der Waals surface area contributed by atoms with Crippen LogP contribution in [-0.2, 0) is 0 Å². The van der Waals surface area contributed by atoms with Crippen LogP contribution < -0.4 is 16.0 Å². The number of rotatable bonds is 5. The molecule has 0 saturated heterocycles. The van der Waals surface area contributed by atoms with Crippen molar-refractivity contribution in [3.8, 4) is 5.75 Å². The van der Waals surface area contributed by atoms with Gasteiger partial charge >= 0.3 is 5.38 Å². The van der Waals surface area contributed by atoms with Gasteiger partial charge in [0.05, 0.1) is 12.3 Å². The quantitative estimate of drug-likeness (QED) is 0.487. The SMILES string of the molecule is CC(C)Oc1cncc(C(NN)C(F)(F)Cl)c1. The molecule has 0 aliphatic heterocycles. The number of nitrogens with zero attached hydrogens (tertiary/aromatic N) is 1. The van der Waals surface area contributed by atoms with Crippen LogP contribution in [0.15, 0.2) is 18.5 Å². The smallest absolute Gasteiger partial charge is 0.342 e. The van der Waals surface area contributed by atoms with Gasteiger partial charge in [-0.1, -0.05) is 0 Å². The summed E-state index contributed by atoms with van der Waals surface area (Å²) in [5.41, 5.74) is 2.12. The van der Waals surface area contributed by atoms with Crippen LogP contribution in [0.25, 0.3) is 0 Å². The standard InChI is InChI=1S/C10H14ClF2N3O/c1-6(2)17-8-3-7(4-15-5-8)9(16-14)10(11,12)13/h3-6,9,16H,14H2,1-2H3. The molecule has 0 spiro atoms. The van der Waals surface area contributed by atoms with E-state index in [1.54, 1.807) is 0 Å². The summed E-state index contributed by atoms with van der Waals surface area (Å²) in [6, 6.07) is -0.0965. The minimum atomic E-state index is -3.51. The topological polar surface area (TPSA) is 60.2 Å². The van der Waals surface area contributed by atoms with Crippen molar-refractivity contribution >= 4 is 11.6 Å². The van der Waals surface area contributed by atoms with Crippen LogP contribution in [0, 0.1) is 0 Å². The molecule has 1 rings (SSSR count). The Hall–Kier alpha value is -0.980. The van der Waals surface area contributed by atoms with E-state index in [-0.39, 0.29) is 11.7 Å². The van der Waals surface area contributed by atoms with E-state index in [2.05, 4.69) is 4.98 Å². The van der Waals surface area contributed by atoms with Crippen LogP contribution in [0.1, 0.15) is 25.5 Å². The van der Waals surface area contributed by atoms with Gasteiger partial charge in [0, 0.05) is 6.20 Å². The Kier molecular flexibility index (Phi) is 4.62. The van der Waals surface area contributed by atoms with Gasteiger partial charge in [-0.15, -0.1) is 0 Å². The minimum absolute atomic E-state index is 0.0761. The Balaban J connectivity index is 2.97. The van der Waals surface area contributed by atoms with Gasteiger partial charge in [-0.2, -0.15) is 8.78 Å². The number of ether oxygens (including phenoxy) is 1. The van der Waals surface area contributed by atoms with Crippen molar-refractivity contribution in [1.82, 2.24) is 10.4 Å². The largest absolute Gasteiger partial charge is 0.489 e. The van der Waals surface area contributed by atoms with Crippen LogP contribution in [0.4, 0.5) is 8.78 Å². The highest BCUT2D eigenvalue weighted by atomic mass is 35.5. The number of hydrogen-bond acceptors (Lipinski definition) is 4. The highest BCUT2D eigenvalue weighted by molar-refractivity contribution is 6.22. The van der Waals surface area contributed by atoms with E-state index in [0.717, 1.165) is 0 Å². The summed E-state index contributed by atoms with van der Waals surface area (Å²) < 4.78 is 31.4. The lowest BCUT2D eigenvalue weighted by molar-refractivity contribution is 0.0495. The zero-order valence-corrected chi connectivity index (χ0v) is 10.2. The monoisotopic (exact) mass is 265 g/mol. The number of hydrogen-bond donors (Lipinski definition) is 2. The zero-order chi connectivity index (χ0) is 13.1. The molecule has 4 nitrogen and oxygen atoms in total. The van der Waals surface area contributed by atoms with Crippen molar-refractivity contribution in [2.45, 2.75) is 31.4 Å². The fourth-order valence-corrected chi connectivity index (χ4v) is 1.50. The van der Waals surface area contributed by atoms with Crippen molar-refractivity contribution in [2.24, 2.45) is 5.84 Å². The van der Waals surface area contributed by atoms with Crippen LogP contribution in [0.5, 0.6) is 5.75 Å². The molecule has 1 atom stereocenters. The summed E-state index contributed by atoms with van der Waals surface area (Å²) in [6.07, 6.45) is 2.62. The molecule has 0 aliphatic carbocycles. The van der Waals surface area contributed by atoms with Gasteiger partial charge < -0.3 is 4.74 Å². The van der Waals surface area contributed by atoms with Crippen molar-refractivity contribution < 1.29 is 13.5 Å². The van der Waals surface area contributed by atoms with Crippen LogP contribution in [0.2, 0.25) is 0 Å². The molecule has 3 N–H and O–H groups in total. The fraction of sp³-hybridized carbons (Fsp3) is 0.500. The third-order valence-corrected chi connectivity index (χ3v) is 2.15. The van der Waals surface area contributed by atoms with E-state index in [1.807, 2.05) is 19.3 Å². The maximum atomic E-state index is 13.0. The first-order valence-electron chi connectivity index (χ1n) is 4.99. The average molecular weight is 266 g/mol. The van der Waals surface area contributed by atoms with Crippen molar-refractivity contribution in [3.63, 3.8) is 0 Å². The van der Waals surface area contributed by atoms with Crippen molar-refractivity contribution in [1.29, 1.82) is 0 Å². The molecule has 7 heteroatoms. The van der Waals surface area contributed by atoms with E-state index in [0.29, 0.717) is 5.75 Å². The molecule has 0 amide bonds. The Morgan fingerprint density at radius 2 is 2.12 bits per heavy atom. The highest BCUT2D eigenvalue weighted by Crippen LogP contribution is 2.35. The molecule has 1 unspecified atom stereocenters. The number of hydrazine groups is 1. The molecular weight excluding hydrogens is 252 g/mol. The summed E-state index contributed by atoms with van der Waals surface area (Å²) in [6.45, 7) is 3.64. The number of halogens is 3. The normalized spacial score (nSPS) is 13.8. The maximum Gasteiger partial charge on any atom is 0.342 e. The number of alkyl halides is 3. The molecular formula is C10H14ClF2N3O. The third kappa shape index (κ3) is 4.07. The summed E-state index contributed by atoms with van der Waals surface area (Å²) >= 11 is 4.95. The van der Waals surface area contributed by atoms with E-state index < -0.39 is 11.4 Å². The first-order valence-corrected chi connectivity index (χ1v) is 5.37. The Morgan fingerprint density at radius 3 is 2.59 bits per heavy atom. The predicted molar refractivity (Wildman–Crippen MR) is 60.9 cm³/mol. The average Bonchev–Trinajstić information content (AvgIpc) is 2.15. The summed E-state index contributed by atoms with van der Waals surface area (Å²) in [5, 5.41) is -3.51. The van der Waals surface area contributed by atoms with Gasteiger partial charge in [-0.3, -0.25) is 10.8 Å². The van der Waals surface area contributed by atoms with E-state index in [9.17, 15) is 8.78 Å². The molecule has 0 saturated carbocycles. The minimum Gasteiger partial charge on any atom is -0.489 e. The van der Waals surface area contributed by atoms with Crippen LogP contribution in [0.3, 0.4) is 0 Å². The number of aromatic nitrogens is 1. The zero-order valence-electron chi connectivity index (χ0n) is 9.45. The summed E-state index contributed by atoms with van der Waals surface area (Å²) in [5.74, 6) is 5.45. The second kappa shape index (κ2) is 5.57. The van der Waals surface area contributed by atoms with Crippen molar-refractivity contribution in [3.05, 3.63) is 24.0 Å². The summed E-state index contributed by atoms with van der Waals surface area (Å²) in [4.78, 5) is 3.81. The van der Waals surface area contributed by atoms with Gasteiger partial charge in [-0.25, -0.2) is 5.43 Å². The van der Waals surface area contributed by atoms with Gasteiger partial charge in [0.25, 0.3) is 0 Å². The lowest BCUT2D eigenvalue weighted by Crippen LogP contribution is -2.37. The Bertz CT molecular complexity index is 371. The van der Waals surface area contributed by atoms with E-state index >= 15 is 0 Å². The van der Waals surface area contributed by atoms with Crippen molar-refractivity contribution in [2.75, 3.05) is 0 Å². The second-order valence-corrected chi connectivity index (χ2v) is 4.27. The third-order valence-electron chi connectivity index (χ3n) is 1.93. The van der Waals surface area contributed by atoms with Gasteiger partial charge in [0.15, 0.2) is 0 Å².